The van der Waals surface area contributed by atoms with E-state index in [1.807, 2.05) is 31.2 Å². The Morgan fingerprint density at radius 1 is 1.33 bits per heavy atom. The third-order valence-electron chi connectivity index (χ3n) is 2.93. The summed E-state index contributed by atoms with van der Waals surface area (Å²) < 4.78 is 2.17. The minimum atomic E-state index is 0.102. The van der Waals surface area contributed by atoms with Gasteiger partial charge in [-0.05, 0) is 31.5 Å². The molecule has 0 saturated carbocycles. The van der Waals surface area contributed by atoms with E-state index in [-0.39, 0.29) is 6.04 Å². The molecule has 1 atom stereocenters. The number of rotatable bonds is 5. The van der Waals surface area contributed by atoms with Gasteiger partial charge in [-0.25, -0.2) is 4.98 Å². The zero-order chi connectivity index (χ0) is 13.0. The van der Waals surface area contributed by atoms with Gasteiger partial charge in [0.15, 0.2) is 0 Å². The van der Waals surface area contributed by atoms with Crippen LogP contribution in [0.3, 0.4) is 0 Å². The predicted molar refractivity (Wildman–Crippen MR) is 76.5 cm³/mol. The molecule has 0 aliphatic carbocycles. The van der Waals surface area contributed by atoms with Crippen molar-refractivity contribution in [3.05, 3.63) is 48.0 Å². The van der Waals surface area contributed by atoms with Gasteiger partial charge in [0.2, 0.25) is 0 Å². The van der Waals surface area contributed by atoms with E-state index >= 15 is 0 Å². The molecule has 3 nitrogen and oxygen atoms in total. The quantitative estimate of drug-likeness (QED) is 0.840. The topological polar surface area (TPSA) is 43.8 Å². The Hall–Kier alpha value is -1.26. The lowest BCUT2D eigenvalue weighted by molar-refractivity contribution is 0.734. The van der Waals surface area contributed by atoms with E-state index in [0.29, 0.717) is 0 Å². The Labute approximate surface area is 112 Å². The van der Waals surface area contributed by atoms with Crippen LogP contribution in [0.2, 0.25) is 0 Å². The lowest BCUT2D eigenvalue weighted by Gasteiger charge is -2.07. The van der Waals surface area contributed by atoms with Crippen LogP contribution in [0.1, 0.15) is 31.1 Å². The van der Waals surface area contributed by atoms with Crippen molar-refractivity contribution < 1.29 is 0 Å². The number of aryl methyl sites for hydroxylation is 1. The van der Waals surface area contributed by atoms with Gasteiger partial charge in [0.25, 0.3) is 0 Å². The van der Waals surface area contributed by atoms with Gasteiger partial charge < -0.3 is 10.3 Å². The van der Waals surface area contributed by atoms with Crippen LogP contribution in [-0.4, -0.2) is 9.55 Å². The second kappa shape index (κ2) is 6.07. The van der Waals surface area contributed by atoms with Crippen molar-refractivity contribution in [1.82, 2.24) is 9.55 Å². The monoisotopic (exact) mass is 261 g/mol. The molecule has 96 valence electrons. The SMILES string of the molecule is CCn1cncc1CSc1ccc(C(C)N)cc1. The summed E-state index contributed by atoms with van der Waals surface area (Å²) in [4.78, 5) is 5.44. The van der Waals surface area contributed by atoms with Crippen molar-refractivity contribution in [1.29, 1.82) is 0 Å². The molecule has 0 bridgehead atoms. The number of hydrogen-bond acceptors (Lipinski definition) is 3. The number of nitrogens with zero attached hydrogens (tertiary/aromatic N) is 2. The van der Waals surface area contributed by atoms with E-state index in [2.05, 4.69) is 40.7 Å². The third-order valence-corrected chi connectivity index (χ3v) is 3.98. The molecule has 2 rings (SSSR count). The van der Waals surface area contributed by atoms with Gasteiger partial charge in [-0.15, -0.1) is 11.8 Å². The molecule has 0 fully saturated rings. The summed E-state index contributed by atoms with van der Waals surface area (Å²) in [6.45, 7) is 5.11. The molecule has 2 aromatic rings. The first-order valence-electron chi connectivity index (χ1n) is 6.18. The molecular formula is C14H19N3S. The largest absolute Gasteiger partial charge is 0.334 e. The van der Waals surface area contributed by atoms with Crippen LogP contribution in [0.4, 0.5) is 0 Å². The fraction of sp³-hybridized carbons (Fsp3) is 0.357. The van der Waals surface area contributed by atoms with E-state index < -0.39 is 0 Å². The summed E-state index contributed by atoms with van der Waals surface area (Å²) in [6, 6.07) is 8.57. The minimum absolute atomic E-state index is 0.102. The normalized spacial score (nSPS) is 12.6. The average molecular weight is 261 g/mol. The molecule has 0 radical (unpaired) electrons. The first-order chi connectivity index (χ1) is 8.70. The van der Waals surface area contributed by atoms with Crippen molar-refractivity contribution in [3.8, 4) is 0 Å². The molecule has 18 heavy (non-hydrogen) atoms. The van der Waals surface area contributed by atoms with E-state index in [0.717, 1.165) is 12.3 Å². The molecule has 1 aromatic carbocycles. The number of imidazole rings is 1. The molecule has 0 aliphatic heterocycles. The van der Waals surface area contributed by atoms with Crippen molar-refractivity contribution in [2.24, 2.45) is 5.73 Å². The van der Waals surface area contributed by atoms with Crippen LogP contribution < -0.4 is 5.73 Å². The van der Waals surface area contributed by atoms with Crippen LogP contribution >= 0.6 is 11.8 Å². The molecule has 1 aromatic heterocycles. The van der Waals surface area contributed by atoms with Gasteiger partial charge in [-0.2, -0.15) is 0 Å². The fourth-order valence-electron chi connectivity index (χ4n) is 1.78. The zero-order valence-electron chi connectivity index (χ0n) is 10.8. The number of thioether (sulfide) groups is 1. The van der Waals surface area contributed by atoms with E-state index in [4.69, 9.17) is 5.73 Å². The van der Waals surface area contributed by atoms with Gasteiger partial charge in [-0.3, -0.25) is 0 Å². The van der Waals surface area contributed by atoms with Gasteiger partial charge >= 0.3 is 0 Å². The molecule has 4 heteroatoms. The molecular weight excluding hydrogens is 242 g/mol. The van der Waals surface area contributed by atoms with Crippen LogP contribution in [0.5, 0.6) is 0 Å². The molecule has 0 spiro atoms. The Morgan fingerprint density at radius 3 is 2.67 bits per heavy atom. The lowest BCUT2D eigenvalue weighted by atomic mass is 10.1. The standard InChI is InChI=1S/C14H19N3S/c1-3-17-10-16-8-13(17)9-18-14-6-4-12(5-7-14)11(2)15/h4-8,10-11H,3,9,15H2,1-2H3. The van der Waals surface area contributed by atoms with Gasteiger partial charge in [0, 0.05) is 35.1 Å². The second-order valence-corrected chi connectivity index (χ2v) is 5.37. The summed E-state index contributed by atoms with van der Waals surface area (Å²) in [6.07, 6.45) is 3.82. The highest BCUT2D eigenvalue weighted by molar-refractivity contribution is 7.98. The maximum absolute atomic E-state index is 5.83. The number of aromatic nitrogens is 2. The predicted octanol–water partition coefficient (Wildman–Crippen LogP) is 3.22. The highest BCUT2D eigenvalue weighted by atomic mass is 32.2. The summed E-state index contributed by atoms with van der Waals surface area (Å²) in [5, 5.41) is 0. The minimum Gasteiger partial charge on any atom is -0.334 e. The Bertz CT molecular complexity index is 488. The van der Waals surface area contributed by atoms with E-state index in [1.54, 1.807) is 0 Å². The highest BCUT2D eigenvalue weighted by Gasteiger charge is 2.03. The molecule has 0 amide bonds. The third kappa shape index (κ3) is 3.15. The summed E-state index contributed by atoms with van der Waals surface area (Å²) in [5.74, 6) is 0.950. The highest BCUT2D eigenvalue weighted by Crippen LogP contribution is 2.24. The van der Waals surface area contributed by atoms with Crippen LogP contribution in [0.15, 0.2) is 41.7 Å². The number of hydrogen-bond donors (Lipinski definition) is 1. The van der Waals surface area contributed by atoms with Crippen LogP contribution in [0, 0.1) is 0 Å². The van der Waals surface area contributed by atoms with Gasteiger partial charge in [-0.1, -0.05) is 12.1 Å². The molecule has 0 aliphatic rings. The van der Waals surface area contributed by atoms with Crippen LogP contribution in [-0.2, 0) is 12.3 Å². The van der Waals surface area contributed by atoms with E-state index in [9.17, 15) is 0 Å². The zero-order valence-corrected chi connectivity index (χ0v) is 11.7. The smallest absolute Gasteiger partial charge is 0.0948 e. The van der Waals surface area contributed by atoms with E-state index in [1.165, 1.54) is 16.2 Å². The lowest BCUT2D eigenvalue weighted by Crippen LogP contribution is -2.04. The van der Waals surface area contributed by atoms with Crippen molar-refractivity contribution in [3.63, 3.8) is 0 Å². The van der Waals surface area contributed by atoms with Crippen molar-refractivity contribution >= 4 is 11.8 Å². The van der Waals surface area contributed by atoms with Crippen molar-refractivity contribution in [2.75, 3.05) is 0 Å². The van der Waals surface area contributed by atoms with Gasteiger partial charge in [0.05, 0.1) is 6.33 Å². The molecule has 1 heterocycles. The Balaban J connectivity index is 1.98. The first-order valence-corrected chi connectivity index (χ1v) is 7.16. The molecule has 0 saturated heterocycles. The number of benzene rings is 1. The second-order valence-electron chi connectivity index (χ2n) is 4.32. The Kier molecular flexibility index (Phi) is 4.44. The fourth-order valence-corrected chi connectivity index (χ4v) is 2.66. The summed E-state index contributed by atoms with van der Waals surface area (Å²) >= 11 is 1.83. The maximum Gasteiger partial charge on any atom is 0.0948 e. The summed E-state index contributed by atoms with van der Waals surface area (Å²) in [5.41, 5.74) is 8.28. The number of nitrogens with two attached hydrogens (primary N) is 1. The molecule has 2 N–H and O–H groups in total. The van der Waals surface area contributed by atoms with Crippen molar-refractivity contribution in [2.45, 2.75) is 37.1 Å². The average Bonchev–Trinajstić information content (AvgIpc) is 2.84. The van der Waals surface area contributed by atoms with Crippen LogP contribution in [0.25, 0.3) is 0 Å². The Morgan fingerprint density at radius 2 is 2.06 bits per heavy atom. The maximum atomic E-state index is 5.83. The molecule has 1 unspecified atom stereocenters. The first kappa shape index (κ1) is 13.2. The summed E-state index contributed by atoms with van der Waals surface area (Å²) in [7, 11) is 0. The van der Waals surface area contributed by atoms with Gasteiger partial charge in [0.1, 0.15) is 0 Å².